The quantitative estimate of drug-likeness (QED) is 0.286. The highest BCUT2D eigenvalue weighted by molar-refractivity contribution is 5.97. The number of esters is 1. The molecule has 1 aliphatic rings. The molecule has 0 bridgehead atoms. The zero-order valence-electron chi connectivity index (χ0n) is 21.5. The Morgan fingerprint density at radius 3 is 2.66 bits per heavy atom. The second kappa shape index (κ2) is 10.6. The summed E-state index contributed by atoms with van der Waals surface area (Å²) in [6.07, 6.45) is 3.12. The lowest BCUT2D eigenvalue weighted by molar-refractivity contribution is 0.0521. The molecule has 196 valence electrons. The summed E-state index contributed by atoms with van der Waals surface area (Å²) in [4.78, 5) is 49.3. The lowest BCUT2D eigenvalue weighted by Gasteiger charge is -2.18. The summed E-state index contributed by atoms with van der Waals surface area (Å²) in [7, 11) is 1.54. The van der Waals surface area contributed by atoms with Crippen molar-refractivity contribution < 1.29 is 23.8 Å². The molecule has 3 aromatic heterocycles. The molecular formula is C28H28N4O6. The Labute approximate surface area is 218 Å². The van der Waals surface area contributed by atoms with Crippen LogP contribution >= 0.6 is 0 Å². The van der Waals surface area contributed by atoms with Crippen molar-refractivity contribution in [3.63, 3.8) is 0 Å². The number of benzene rings is 1. The van der Waals surface area contributed by atoms with E-state index in [9.17, 15) is 14.4 Å². The Kier molecular flexibility index (Phi) is 7.06. The number of amides is 1. The molecular weight excluding hydrogens is 488 g/mol. The highest BCUT2D eigenvalue weighted by Crippen LogP contribution is 2.18. The number of aromatic nitrogens is 3. The van der Waals surface area contributed by atoms with Gasteiger partial charge in [-0.15, -0.1) is 0 Å². The molecule has 0 spiro atoms. The first-order valence-corrected chi connectivity index (χ1v) is 12.5. The topological polar surface area (TPSA) is 113 Å². The molecule has 38 heavy (non-hydrogen) atoms. The van der Waals surface area contributed by atoms with Crippen LogP contribution in [0.5, 0.6) is 5.75 Å². The fourth-order valence-corrected chi connectivity index (χ4v) is 4.63. The number of pyridine rings is 2. The summed E-state index contributed by atoms with van der Waals surface area (Å²) < 4.78 is 19.5. The molecule has 10 nitrogen and oxygen atoms in total. The van der Waals surface area contributed by atoms with Crippen LogP contribution in [-0.2, 0) is 16.0 Å². The maximum absolute atomic E-state index is 13.6. The van der Waals surface area contributed by atoms with Crippen molar-refractivity contribution in [2.45, 2.75) is 39.3 Å². The first-order valence-electron chi connectivity index (χ1n) is 12.5. The number of hydrogen-bond acceptors (Lipinski definition) is 7. The van der Waals surface area contributed by atoms with Crippen molar-refractivity contribution in [3.8, 4) is 5.75 Å². The van der Waals surface area contributed by atoms with Crippen molar-refractivity contribution in [2.24, 2.45) is 4.99 Å². The summed E-state index contributed by atoms with van der Waals surface area (Å²) in [6, 6.07) is 11.6. The van der Waals surface area contributed by atoms with Gasteiger partial charge in [-0.2, -0.15) is 4.99 Å². The fourth-order valence-electron chi connectivity index (χ4n) is 4.63. The van der Waals surface area contributed by atoms with Gasteiger partial charge in [0, 0.05) is 18.4 Å². The summed E-state index contributed by atoms with van der Waals surface area (Å²) in [6.45, 7) is 4.53. The number of nitrogens with zero attached hydrogens (tertiary/aromatic N) is 4. The lowest BCUT2D eigenvalue weighted by Crippen LogP contribution is -2.35. The largest absolute Gasteiger partial charge is 0.497 e. The molecule has 10 heteroatoms. The van der Waals surface area contributed by atoms with Gasteiger partial charge in [-0.25, -0.2) is 9.78 Å². The molecule has 1 aliphatic heterocycles. The van der Waals surface area contributed by atoms with E-state index in [4.69, 9.17) is 19.2 Å². The van der Waals surface area contributed by atoms with E-state index in [-0.39, 0.29) is 41.3 Å². The normalized spacial score (nSPS) is 15.8. The van der Waals surface area contributed by atoms with Gasteiger partial charge in [0.25, 0.3) is 11.5 Å². The van der Waals surface area contributed by atoms with Gasteiger partial charge in [-0.1, -0.05) is 6.07 Å². The summed E-state index contributed by atoms with van der Waals surface area (Å²) >= 11 is 0. The average Bonchev–Trinajstić information content (AvgIpc) is 3.44. The van der Waals surface area contributed by atoms with Crippen LogP contribution in [0.1, 0.15) is 46.0 Å². The Hall–Kier alpha value is -4.31. The van der Waals surface area contributed by atoms with Gasteiger partial charge < -0.3 is 18.8 Å². The van der Waals surface area contributed by atoms with E-state index in [1.165, 1.54) is 17.6 Å². The Morgan fingerprint density at radius 1 is 1.18 bits per heavy atom. The second-order valence-corrected chi connectivity index (χ2v) is 9.03. The number of carbonyl (C=O) groups excluding carboxylic acids is 2. The van der Waals surface area contributed by atoms with Gasteiger partial charge in [0.15, 0.2) is 5.49 Å². The molecule has 1 amide bonds. The number of methoxy groups -OCH3 is 1. The number of fused-ring (bicyclic) bond motifs is 2. The predicted molar refractivity (Wildman–Crippen MR) is 140 cm³/mol. The van der Waals surface area contributed by atoms with Gasteiger partial charge in [-0.3, -0.25) is 14.0 Å². The zero-order chi connectivity index (χ0) is 26.8. The van der Waals surface area contributed by atoms with Crippen LogP contribution < -0.4 is 15.8 Å². The maximum atomic E-state index is 13.6. The molecule has 0 radical (unpaired) electrons. The molecule has 0 N–H and O–H groups in total. The van der Waals surface area contributed by atoms with Crippen LogP contribution in [0, 0.1) is 6.92 Å². The molecule has 0 saturated carbocycles. The fraction of sp³-hybridized carbons (Fsp3) is 0.321. The second-order valence-electron chi connectivity index (χ2n) is 9.03. The number of aryl methyl sites for hydroxylation is 1. The number of rotatable bonds is 6. The molecule has 1 fully saturated rings. The van der Waals surface area contributed by atoms with Crippen LogP contribution in [-0.4, -0.2) is 52.3 Å². The third-order valence-corrected chi connectivity index (χ3v) is 6.56. The number of ether oxygens (including phenoxy) is 3. The van der Waals surface area contributed by atoms with Crippen molar-refractivity contribution in [3.05, 3.63) is 81.2 Å². The Bertz CT molecular complexity index is 1660. The van der Waals surface area contributed by atoms with Crippen molar-refractivity contribution >= 4 is 28.6 Å². The number of carbonyl (C=O) groups is 2. The average molecular weight is 517 g/mol. The van der Waals surface area contributed by atoms with Crippen LogP contribution in [0.25, 0.3) is 16.7 Å². The van der Waals surface area contributed by atoms with Gasteiger partial charge in [0.1, 0.15) is 22.6 Å². The van der Waals surface area contributed by atoms with Crippen LogP contribution in [0.4, 0.5) is 0 Å². The summed E-state index contributed by atoms with van der Waals surface area (Å²) in [5, 5.41) is 0.213. The highest BCUT2D eigenvalue weighted by atomic mass is 16.5. The Morgan fingerprint density at radius 2 is 1.97 bits per heavy atom. The third-order valence-electron chi connectivity index (χ3n) is 6.56. The Balaban J connectivity index is 1.84. The number of hydrogen-bond donors (Lipinski definition) is 0. The molecule has 1 aromatic carbocycles. The van der Waals surface area contributed by atoms with Crippen LogP contribution in [0.15, 0.2) is 58.4 Å². The van der Waals surface area contributed by atoms with Gasteiger partial charge in [0.05, 0.1) is 31.8 Å². The maximum Gasteiger partial charge on any atom is 0.341 e. The van der Waals surface area contributed by atoms with E-state index in [0.717, 1.165) is 18.4 Å². The summed E-state index contributed by atoms with van der Waals surface area (Å²) in [5.74, 6) is -0.655. The smallest absolute Gasteiger partial charge is 0.341 e. The van der Waals surface area contributed by atoms with Crippen LogP contribution in [0.2, 0.25) is 0 Å². The molecule has 5 rings (SSSR count). The zero-order valence-corrected chi connectivity index (χ0v) is 21.5. The minimum atomic E-state index is -0.689. The molecule has 4 heterocycles. The van der Waals surface area contributed by atoms with Crippen molar-refractivity contribution in [1.29, 1.82) is 0 Å². The monoisotopic (exact) mass is 516 g/mol. The molecule has 4 aromatic rings. The predicted octanol–water partition coefficient (Wildman–Crippen LogP) is 3.06. The van der Waals surface area contributed by atoms with E-state index in [1.54, 1.807) is 48.0 Å². The van der Waals surface area contributed by atoms with E-state index in [1.807, 2.05) is 13.0 Å². The van der Waals surface area contributed by atoms with E-state index in [0.29, 0.717) is 29.2 Å². The van der Waals surface area contributed by atoms with E-state index in [2.05, 4.69) is 4.99 Å². The van der Waals surface area contributed by atoms with Gasteiger partial charge >= 0.3 is 5.97 Å². The standard InChI is InChI=1S/C28H28N4O6/c1-4-37-28(35)22-15-21-24(29-23-17(2)7-5-13-31(23)27(21)34)32(16-20-8-6-14-38-20)25(22)30-26(33)18-9-11-19(36-3)12-10-18/h5,7,9-13,15,20H,4,6,8,14,16H2,1-3H3/t20-/m1/s1. The van der Waals surface area contributed by atoms with E-state index < -0.39 is 11.9 Å². The SMILES string of the molecule is CCOC(=O)c1cc2c(=O)n3cccc(C)c3nc2n(C[C@H]2CCCO2)c1=NC(=O)c1ccc(OC)cc1. The molecule has 0 unspecified atom stereocenters. The van der Waals surface area contributed by atoms with Crippen molar-refractivity contribution in [1.82, 2.24) is 14.0 Å². The summed E-state index contributed by atoms with van der Waals surface area (Å²) in [5.41, 5.74) is 1.64. The minimum Gasteiger partial charge on any atom is -0.497 e. The molecule has 1 saturated heterocycles. The molecule has 1 atom stereocenters. The van der Waals surface area contributed by atoms with Crippen LogP contribution in [0.3, 0.4) is 0 Å². The lowest BCUT2D eigenvalue weighted by atomic mass is 10.1. The first kappa shape index (κ1) is 25.3. The van der Waals surface area contributed by atoms with Gasteiger partial charge in [-0.05, 0) is 68.7 Å². The highest BCUT2D eigenvalue weighted by Gasteiger charge is 2.24. The molecule has 0 aliphatic carbocycles. The third kappa shape index (κ3) is 4.70. The minimum absolute atomic E-state index is 0.00529. The first-order chi connectivity index (χ1) is 18.4. The van der Waals surface area contributed by atoms with Gasteiger partial charge in [0.2, 0.25) is 0 Å². The van der Waals surface area contributed by atoms with Crippen molar-refractivity contribution in [2.75, 3.05) is 20.3 Å². The van der Waals surface area contributed by atoms with E-state index >= 15 is 0 Å².